The van der Waals surface area contributed by atoms with Gasteiger partial charge in [-0.2, -0.15) is 0 Å². The van der Waals surface area contributed by atoms with Gasteiger partial charge in [-0.3, -0.25) is 9.59 Å². The third-order valence-corrected chi connectivity index (χ3v) is 6.21. The number of amides is 1. The molecule has 0 radical (unpaired) electrons. The summed E-state index contributed by atoms with van der Waals surface area (Å²) >= 11 is 0. The van der Waals surface area contributed by atoms with Crippen molar-refractivity contribution in [2.45, 2.75) is 71.0 Å². The van der Waals surface area contributed by atoms with Gasteiger partial charge in [0.1, 0.15) is 5.75 Å². The summed E-state index contributed by atoms with van der Waals surface area (Å²) in [5.74, 6) is 1.69. The Kier molecular flexibility index (Phi) is 6.96. The smallest absolute Gasteiger partial charge is 0.225 e. The Morgan fingerprint density at radius 1 is 0.853 bits per heavy atom. The van der Waals surface area contributed by atoms with Crippen molar-refractivity contribution in [2.24, 2.45) is 0 Å². The zero-order valence-electron chi connectivity index (χ0n) is 20.5. The Balaban J connectivity index is 1.67. The Labute approximate surface area is 201 Å². The number of para-hydroxylation sites is 1. The average molecular weight is 464 g/mol. The van der Waals surface area contributed by atoms with Crippen molar-refractivity contribution in [3.8, 4) is 17.2 Å². The van der Waals surface area contributed by atoms with E-state index in [0.29, 0.717) is 29.9 Å². The molecule has 1 aliphatic heterocycles. The van der Waals surface area contributed by atoms with Crippen LogP contribution in [0, 0.1) is 0 Å². The van der Waals surface area contributed by atoms with Gasteiger partial charge in [0.15, 0.2) is 17.3 Å². The van der Waals surface area contributed by atoms with E-state index in [2.05, 4.69) is 5.32 Å². The summed E-state index contributed by atoms with van der Waals surface area (Å²) in [5.41, 5.74) is 3.32. The number of methoxy groups -OCH3 is 1. The van der Waals surface area contributed by atoms with E-state index in [1.54, 1.807) is 7.11 Å². The van der Waals surface area contributed by atoms with E-state index in [9.17, 15) is 9.59 Å². The van der Waals surface area contributed by atoms with E-state index in [1.165, 1.54) is 0 Å². The lowest BCUT2D eigenvalue weighted by atomic mass is 9.73. The van der Waals surface area contributed by atoms with Gasteiger partial charge in [-0.1, -0.05) is 24.3 Å². The number of carbonyl (C=O) groups excluding carboxylic acids is 2. The molecule has 180 valence electrons. The topological polar surface area (TPSA) is 73.9 Å². The summed E-state index contributed by atoms with van der Waals surface area (Å²) in [7, 11) is 1.61. The van der Waals surface area contributed by atoms with E-state index in [4.69, 9.17) is 14.2 Å². The van der Waals surface area contributed by atoms with Crippen molar-refractivity contribution in [3.05, 3.63) is 64.9 Å². The number of hydrogen-bond donors (Lipinski definition) is 1. The fourth-order valence-electron chi connectivity index (χ4n) is 4.88. The van der Waals surface area contributed by atoms with E-state index >= 15 is 0 Å². The number of Topliss-reactive ketones (excluding diaryl/α,β-unsaturated/α-hetero) is 1. The number of ether oxygens (including phenoxy) is 3. The number of hydrogen-bond acceptors (Lipinski definition) is 5. The van der Waals surface area contributed by atoms with E-state index in [0.717, 1.165) is 22.6 Å². The molecule has 2 atom stereocenters. The van der Waals surface area contributed by atoms with Gasteiger partial charge in [-0.25, -0.2) is 0 Å². The molecule has 0 spiro atoms. The number of benzene rings is 2. The monoisotopic (exact) mass is 463 g/mol. The van der Waals surface area contributed by atoms with E-state index in [1.807, 2.05) is 70.2 Å². The first-order valence-corrected chi connectivity index (χ1v) is 11.9. The molecule has 1 N–H and O–H groups in total. The van der Waals surface area contributed by atoms with Crippen molar-refractivity contribution < 1.29 is 23.8 Å². The minimum absolute atomic E-state index is 0.00363. The second-order valence-corrected chi connectivity index (χ2v) is 9.51. The molecular weight excluding hydrogens is 430 g/mol. The maximum Gasteiger partial charge on any atom is 0.225 e. The van der Waals surface area contributed by atoms with Gasteiger partial charge in [0, 0.05) is 35.6 Å². The minimum Gasteiger partial charge on any atom is -0.493 e. The predicted molar refractivity (Wildman–Crippen MR) is 130 cm³/mol. The average Bonchev–Trinajstić information content (AvgIpc) is 2.78. The molecule has 34 heavy (non-hydrogen) atoms. The molecule has 6 nitrogen and oxygen atoms in total. The molecule has 0 bridgehead atoms. The number of nitrogens with one attached hydrogen (secondary N) is 1. The van der Waals surface area contributed by atoms with Crippen LogP contribution in [-0.4, -0.2) is 31.0 Å². The lowest BCUT2D eigenvalue weighted by Crippen LogP contribution is -2.38. The lowest BCUT2D eigenvalue weighted by Gasteiger charge is -2.35. The Morgan fingerprint density at radius 2 is 1.56 bits per heavy atom. The van der Waals surface area contributed by atoms with Gasteiger partial charge in [0.2, 0.25) is 5.91 Å². The first-order valence-electron chi connectivity index (χ1n) is 11.9. The first-order chi connectivity index (χ1) is 16.3. The van der Waals surface area contributed by atoms with Crippen LogP contribution in [-0.2, 0) is 9.59 Å². The largest absolute Gasteiger partial charge is 0.493 e. The van der Waals surface area contributed by atoms with Crippen LogP contribution in [0.15, 0.2) is 53.7 Å². The predicted octanol–water partition coefficient (Wildman–Crippen LogP) is 5.27. The number of rotatable bonds is 7. The highest BCUT2D eigenvalue weighted by Crippen LogP contribution is 2.45. The molecule has 0 fully saturated rings. The fraction of sp³-hybridized carbons (Fsp3) is 0.429. The van der Waals surface area contributed by atoms with Crippen molar-refractivity contribution >= 4 is 11.7 Å². The molecule has 2 aromatic carbocycles. The third kappa shape index (κ3) is 4.96. The molecule has 1 aliphatic carbocycles. The quantitative estimate of drug-likeness (QED) is 0.605. The highest BCUT2D eigenvalue weighted by molar-refractivity contribution is 6.02. The van der Waals surface area contributed by atoms with Gasteiger partial charge in [0.25, 0.3) is 0 Å². The Hall–Kier alpha value is -3.28. The van der Waals surface area contributed by atoms with Crippen molar-refractivity contribution in [2.75, 3.05) is 7.11 Å². The number of ketones is 1. The van der Waals surface area contributed by atoms with E-state index < -0.39 is 0 Å². The van der Waals surface area contributed by atoms with Crippen LogP contribution in [0.5, 0.6) is 17.2 Å². The fourth-order valence-corrected chi connectivity index (χ4v) is 4.88. The van der Waals surface area contributed by atoms with Crippen LogP contribution in [0.3, 0.4) is 0 Å². The van der Waals surface area contributed by atoms with Crippen LogP contribution in [0.4, 0.5) is 0 Å². The van der Waals surface area contributed by atoms with Gasteiger partial charge < -0.3 is 19.5 Å². The van der Waals surface area contributed by atoms with Crippen LogP contribution >= 0.6 is 0 Å². The normalized spacial score (nSPS) is 20.3. The molecule has 2 aliphatic rings. The highest BCUT2D eigenvalue weighted by Gasteiger charge is 2.39. The van der Waals surface area contributed by atoms with Crippen LogP contribution in [0.25, 0.3) is 0 Å². The summed E-state index contributed by atoms with van der Waals surface area (Å²) < 4.78 is 17.4. The van der Waals surface area contributed by atoms with Gasteiger partial charge in [0.05, 0.1) is 19.3 Å². The summed E-state index contributed by atoms with van der Waals surface area (Å²) in [6.07, 6.45) is 1.23. The number of allylic oxidation sites excluding steroid dienone is 2. The molecule has 2 aromatic rings. The second kappa shape index (κ2) is 9.92. The van der Waals surface area contributed by atoms with Crippen LogP contribution in [0.2, 0.25) is 0 Å². The van der Waals surface area contributed by atoms with E-state index in [-0.39, 0.29) is 42.2 Å². The summed E-state index contributed by atoms with van der Waals surface area (Å²) in [6.45, 7) is 7.87. The SMILES string of the molecule is COc1cc(C2CC(=O)C3=C(C2)NC(=O)CC3c2ccccc2OC(C)C)ccc1OC(C)C. The summed E-state index contributed by atoms with van der Waals surface area (Å²) in [6, 6.07) is 13.5. The summed E-state index contributed by atoms with van der Waals surface area (Å²) in [4.78, 5) is 26.2. The lowest BCUT2D eigenvalue weighted by molar-refractivity contribution is -0.122. The number of carbonyl (C=O) groups is 2. The van der Waals surface area contributed by atoms with Crippen molar-refractivity contribution in [1.82, 2.24) is 5.32 Å². The molecule has 2 unspecified atom stereocenters. The first kappa shape index (κ1) is 23.9. The molecule has 4 rings (SSSR count). The van der Waals surface area contributed by atoms with Crippen molar-refractivity contribution in [3.63, 3.8) is 0 Å². The molecule has 0 saturated carbocycles. The second-order valence-electron chi connectivity index (χ2n) is 9.51. The zero-order valence-corrected chi connectivity index (χ0v) is 20.5. The minimum atomic E-state index is -0.302. The molecule has 6 heteroatoms. The maximum atomic E-state index is 13.5. The molecule has 0 saturated heterocycles. The van der Waals surface area contributed by atoms with Crippen molar-refractivity contribution in [1.29, 1.82) is 0 Å². The molecular formula is C28H33NO5. The van der Waals surface area contributed by atoms with Crippen LogP contribution in [0.1, 0.15) is 69.9 Å². The zero-order chi connectivity index (χ0) is 24.4. The Bertz CT molecular complexity index is 1120. The molecule has 1 amide bonds. The highest BCUT2D eigenvalue weighted by atomic mass is 16.5. The van der Waals surface area contributed by atoms with Crippen LogP contribution < -0.4 is 19.5 Å². The maximum absolute atomic E-state index is 13.5. The molecule has 1 heterocycles. The standard InChI is InChI=1S/C28H33NO5/c1-16(2)33-24-9-7-6-8-20(24)21-15-27(31)29-22-12-19(13-23(30)28(21)22)18-10-11-25(34-17(3)4)26(14-18)32-5/h6-11,14,16-17,19,21H,12-13,15H2,1-5H3,(H,29,31). The third-order valence-electron chi connectivity index (χ3n) is 6.21. The van der Waals surface area contributed by atoms with Gasteiger partial charge in [-0.05, 0) is 63.8 Å². The van der Waals surface area contributed by atoms with Gasteiger partial charge >= 0.3 is 0 Å². The summed E-state index contributed by atoms with van der Waals surface area (Å²) in [5, 5.41) is 3.00. The Morgan fingerprint density at radius 3 is 2.26 bits per heavy atom. The van der Waals surface area contributed by atoms with Gasteiger partial charge in [-0.15, -0.1) is 0 Å². The molecule has 0 aromatic heterocycles.